The number of carboxylic acids is 1. The number of nitrogens with one attached hydrogen (secondary N) is 1. The van der Waals surface area contributed by atoms with Gasteiger partial charge < -0.3 is 10.4 Å². The summed E-state index contributed by atoms with van der Waals surface area (Å²) in [7, 11) is 0. The van der Waals surface area contributed by atoms with Gasteiger partial charge in [-0.25, -0.2) is 13.8 Å². The van der Waals surface area contributed by atoms with Crippen LogP contribution in [0.2, 0.25) is 0 Å². The molecule has 1 atom stereocenters. The topological polar surface area (TPSA) is 62.2 Å². The van der Waals surface area contributed by atoms with Gasteiger partial charge in [0.2, 0.25) is 0 Å². The molecule has 3 rings (SSSR count). The summed E-state index contributed by atoms with van der Waals surface area (Å²) < 4.78 is 26.7. The van der Waals surface area contributed by atoms with E-state index >= 15 is 0 Å². The van der Waals surface area contributed by atoms with Crippen LogP contribution in [0.1, 0.15) is 29.3 Å². The minimum absolute atomic E-state index is 0.00651. The normalized spacial score (nSPS) is 17.3. The molecule has 1 aliphatic rings. The van der Waals surface area contributed by atoms with Crippen molar-refractivity contribution in [2.45, 2.75) is 25.2 Å². The lowest BCUT2D eigenvalue weighted by Gasteiger charge is -2.16. The molecular weight excluding hydrogens is 298 g/mol. The zero-order valence-corrected chi connectivity index (χ0v) is 11.7. The Labute approximate surface area is 123 Å². The molecule has 0 radical (unpaired) electrons. The molecular formula is C14H12F2N2O2S. The molecule has 1 aliphatic carbocycles. The largest absolute Gasteiger partial charge is 0.481 e. The van der Waals surface area contributed by atoms with Gasteiger partial charge in [-0.05, 0) is 31.4 Å². The summed E-state index contributed by atoms with van der Waals surface area (Å²) in [5, 5.41) is 12.3. The monoisotopic (exact) mass is 310 g/mol. The second kappa shape index (κ2) is 5.40. The molecule has 0 saturated carbocycles. The number of hydrogen-bond acceptors (Lipinski definition) is 4. The number of aryl methyl sites for hydroxylation is 1. The second-order valence-corrected chi connectivity index (χ2v) is 5.94. The third kappa shape index (κ3) is 2.73. The molecule has 1 unspecified atom stereocenters. The molecule has 0 amide bonds. The number of carboxylic acid groups (broad SMARTS) is 1. The fraction of sp³-hybridized carbons (Fsp3) is 0.286. The Kier molecular flexibility index (Phi) is 3.59. The third-order valence-corrected chi connectivity index (χ3v) is 4.47. The van der Waals surface area contributed by atoms with Crippen molar-refractivity contribution in [3.05, 3.63) is 40.4 Å². The first-order chi connectivity index (χ1) is 10.0. The number of carbonyl (C=O) groups is 1. The van der Waals surface area contributed by atoms with Crippen LogP contribution in [0.5, 0.6) is 0 Å². The molecule has 0 fully saturated rings. The number of fused-ring (bicyclic) bond motifs is 1. The number of thiazole rings is 1. The summed E-state index contributed by atoms with van der Waals surface area (Å²) in [6.07, 6.45) is 2.11. The van der Waals surface area contributed by atoms with E-state index in [1.165, 1.54) is 11.3 Å². The van der Waals surface area contributed by atoms with Gasteiger partial charge >= 0.3 is 5.97 Å². The van der Waals surface area contributed by atoms with E-state index in [4.69, 9.17) is 0 Å². The highest BCUT2D eigenvalue weighted by Crippen LogP contribution is 2.37. The van der Waals surface area contributed by atoms with Crippen molar-refractivity contribution in [3.63, 3.8) is 0 Å². The second-order valence-electron chi connectivity index (χ2n) is 4.86. The predicted octanol–water partition coefficient (Wildman–Crippen LogP) is 3.67. The zero-order chi connectivity index (χ0) is 15.0. The van der Waals surface area contributed by atoms with Gasteiger partial charge in [-0.3, -0.25) is 4.79 Å². The van der Waals surface area contributed by atoms with Crippen LogP contribution in [0.15, 0.2) is 18.2 Å². The quantitative estimate of drug-likeness (QED) is 0.908. The van der Waals surface area contributed by atoms with E-state index in [1.807, 2.05) is 0 Å². The molecule has 4 nitrogen and oxygen atoms in total. The SMILES string of the molecule is O=C(O)C1CCCc2sc(Nc3cc(F)ccc3F)nc21. The Balaban J connectivity index is 1.91. The molecule has 1 aromatic heterocycles. The number of rotatable bonds is 3. The molecule has 0 saturated heterocycles. The van der Waals surface area contributed by atoms with E-state index in [-0.39, 0.29) is 5.69 Å². The molecule has 0 bridgehead atoms. The van der Waals surface area contributed by atoms with E-state index in [1.54, 1.807) is 0 Å². The molecule has 1 heterocycles. The molecule has 2 N–H and O–H groups in total. The summed E-state index contributed by atoms with van der Waals surface area (Å²) in [4.78, 5) is 16.4. The Bertz CT molecular complexity index is 702. The van der Waals surface area contributed by atoms with Crippen molar-refractivity contribution in [1.29, 1.82) is 0 Å². The van der Waals surface area contributed by atoms with Crippen molar-refractivity contribution < 1.29 is 18.7 Å². The van der Waals surface area contributed by atoms with Crippen LogP contribution in [0.4, 0.5) is 19.6 Å². The van der Waals surface area contributed by atoms with Crippen LogP contribution in [0.3, 0.4) is 0 Å². The first kappa shape index (κ1) is 13.9. The Morgan fingerprint density at radius 1 is 1.43 bits per heavy atom. The van der Waals surface area contributed by atoms with Gasteiger partial charge in [0, 0.05) is 10.9 Å². The highest BCUT2D eigenvalue weighted by Gasteiger charge is 2.30. The Morgan fingerprint density at radius 2 is 2.24 bits per heavy atom. The average Bonchev–Trinajstić information content (AvgIpc) is 2.84. The highest BCUT2D eigenvalue weighted by molar-refractivity contribution is 7.15. The summed E-state index contributed by atoms with van der Waals surface area (Å²) >= 11 is 1.29. The fourth-order valence-corrected chi connectivity index (χ4v) is 3.50. The van der Waals surface area contributed by atoms with Crippen molar-refractivity contribution in [2.24, 2.45) is 0 Å². The van der Waals surface area contributed by atoms with E-state index < -0.39 is 23.5 Å². The molecule has 110 valence electrons. The fourth-order valence-electron chi connectivity index (χ4n) is 2.42. The number of aromatic nitrogens is 1. The molecule has 1 aromatic carbocycles. The molecule has 0 aliphatic heterocycles. The summed E-state index contributed by atoms with van der Waals surface area (Å²) in [6, 6.07) is 3.11. The van der Waals surface area contributed by atoms with Gasteiger partial charge in [0.05, 0.1) is 11.4 Å². The average molecular weight is 310 g/mol. The number of nitrogens with zero attached hydrogens (tertiary/aromatic N) is 1. The van der Waals surface area contributed by atoms with Crippen LogP contribution >= 0.6 is 11.3 Å². The molecule has 2 aromatic rings. The summed E-state index contributed by atoms with van der Waals surface area (Å²) in [5.74, 6) is -2.65. The minimum Gasteiger partial charge on any atom is -0.481 e. The standard InChI is InChI=1S/C14H12F2N2O2S/c15-7-4-5-9(16)10(6-7)17-14-18-12-8(13(19)20)2-1-3-11(12)21-14/h4-6,8H,1-3H2,(H,17,18)(H,19,20). The van der Waals surface area contributed by atoms with Gasteiger partial charge in [-0.15, -0.1) is 11.3 Å². The minimum atomic E-state index is -0.898. The van der Waals surface area contributed by atoms with E-state index in [0.29, 0.717) is 17.2 Å². The summed E-state index contributed by atoms with van der Waals surface area (Å²) in [6.45, 7) is 0. The number of aliphatic carboxylic acids is 1. The van der Waals surface area contributed by atoms with Gasteiger partial charge in [0.1, 0.15) is 17.6 Å². The lowest BCUT2D eigenvalue weighted by molar-refractivity contribution is -0.139. The predicted molar refractivity (Wildman–Crippen MR) is 75.1 cm³/mol. The van der Waals surface area contributed by atoms with Gasteiger partial charge in [0.25, 0.3) is 0 Å². The first-order valence-electron chi connectivity index (χ1n) is 6.49. The van der Waals surface area contributed by atoms with Crippen molar-refractivity contribution >= 4 is 28.1 Å². The molecule has 21 heavy (non-hydrogen) atoms. The number of benzene rings is 1. The van der Waals surface area contributed by atoms with Gasteiger partial charge in [-0.2, -0.15) is 0 Å². The highest BCUT2D eigenvalue weighted by atomic mass is 32.1. The van der Waals surface area contributed by atoms with Crippen LogP contribution in [0.25, 0.3) is 0 Å². The Hall–Kier alpha value is -2.02. The lowest BCUT2D eigenvalue weighted by atomic mass is 9.91. The lowest BCUT2D eigenvalue weighted by Crippen LogP contribution is -2.17. The maximum absolute atomic E-state index is 13.6. The third-order valence-electron chi connectivity index (χ3n) is 3.42. The van der Waals surface area contributed by atoms with Crippen molar-refractivity contribution in [2.75, 3.05) is 5.32 Å². The number of hydrogen-bond donors (Lipinski definition) is 2. The number of halogens is 2. The molecule has 0 spiro atoms. The van der Waals surface area contributed by atoms with Crippen molar-refractivity contribution in [3.8, 4) is 0 Å². The Morgan fingerprint density at radius 3 is 3.00 bits per heavy atom. The zero-order valence-electron chi connectivity index (χ0n) is 10.9. The van der Waals surface area contributed by atoms with Crippen LogP contribution in [-0.2, 0) is 11.2 Å². The van der Waals surface area contributed by atoms with Crippen LogP contribution in [-0.4, -0.2) is 16.1 Å². The first-order valence-corrected chi connectivity index (χ1v) is 7.30. The molecule has 7 heteroatoms. The number of anilines is 2. The van der Waals surface area contributed by atoms with Crippen LogP contribution in [0, 0.1) is 11.6 Å². The van der Waals surface area contributed by atoms with E-state index in [9.17, 15) is 18.7 Å². The summed E-state index contributed by atoms with van der Waals surface area (Å²) in [5.41, 5.74) is 0.533. The van der Waals surface area contributed by atoms with Gasteiger partial charge in [-0.1, -0.05) is 0 Å². The van der Waals surface area contributed by atoms with Crippen LogP contribution < -0.4 is 5.32 Å². The smallest absolute Gasteiger partial charge is 0.312 e. The van der Waals surface area contributed by atoms with E-state index in [2.05, 4.69) is 10.3 Å². The van der Waals surface area contributed by atoms with Gasteiger partial charge in [0.15, 0.2) is 5.13 Å². The maximum atomic E-state index is 13.6. The van der Waals surface area contributed by atoms with Crippen molar-refractivity contribution in [1.82, 2.24) is 4.98 Å². The maximum Gasteiger partial charge on any atom is 0.312 e. The van der Waals surface area contributed by atoms with E-state index in [0.717, 1.165) is 35.9 Å².